The highest BCUT2D eigenvalue weighted by atomic mass is 28.3. The Labute approximate surface area is 210 Å². The van der Waals surface area contributed by atoms with E-state index in [0.29, 0.717) is 30.7 Å². The normalized spacial score (nSPS) is 11.8. The van der Waals surface area contributed by atoms with Gasteiger partial charge in [0, 0.05) is 25.8 Å². The average Bonchev–Trinajstić information content (AvgIpc) is 3.51. The van der Waals surface area contributed by atoms with Crippen molar-refractivity contribution < 1.29 is 9.47 Å². The lowest BCUT2D eigenvalue weighted by Gasteiger charge is -2.16. The summed E-state index contributed by atoms with van der Waals surface area (Å²) in [6.07, 6.45) is 1.69. The maximum absolute atomic E-state index is 6.27. The van der Waals surface area contributed by atoms with Crippen LogP contribution in [0.25, 0.3) is 28.2 Å². The lowest BCUT2D eigenvalue weighted by atomic mass is 10.1. The summed E-state index contributed by atoms with van der Waals surface area (Å²) in [4.78, 5) is 0. The van der Waals surface area contributed by atoms with Crippen LogP contribution in [0.15, 0.2) is 72.9 Å². The molecule has 0 unspecified atom stereocenters. The zero-order chi connectivity index (χ0) is 25.0. The van der Waals surface area contributed by atoms with Gasteiger partial charge in [0.1, 0.15) is 13.3 Å². The van der Waals surface area contributed by atoms with Gasteiger partial charge >= 0.3 is 0 Å². The van der Waals surface area contributed by atoms with E-state index in [2.05, 4.69) is 40.2 Å². The van der Waals surface area contributed by atoms with Gasteiger partial charge in [-0.05, 0) is 17.7 Å². The van der Waals surface area contributed by atoms with Crippen molar-refractivity contribution in [2.75, 3.05) is 6.61 Å². The Hall–Kier alpha value is -3.89. The Kier molecular flexibility index (Phi) is 6.87. The molecule has 0 saturated heterocycles. The molecule has 0 aliphatic heterocycles. The summed E-state index contributed by atoms with van der Waals surface area (Å²) in [5.41, 5.74) is 4.18. The number of fused-ring (bicyclic) bond motifs is 1. The molecule has 0 fully saturated rings. The molecule has 0 bridgehead atoms. The SMILES string of the molecule is C[Si](C)(C)CCOCn1nncc1COc1nn2c(-c3ccccc3)nnc2cc1-c1ccccc1. The average molecular weight is 500 g/mol. The molecule has 0 saturated carbocycles. The summed E-state index contributed by atoms with van der Waals surface area (Å²) in [6.45, 7) is 8.28. The van der Waals surface area contributed by atoms with E-state index in [1.165, 1.54) is 0 Å². The second-order valence-electron chi connectivity index (χ2n) is 9.75. The molecule has 0 amide bonds. The minimum atomic E-state index is -1.15. The predicted octanol–water partition coefficient (Wildman–Crippen LogP) is 4.94. The predicted molar refractivity (Wildman–Crippen MR) is 140 cm³/mol. The highest BCUT2D eigenvalue weighted by molar-refractivity contribution is 6.76. The number of hydrogen-bond donors (Lipinski definition) is 0. The Morgan fingerprint density at radius 2 is 1.61 bits per heavy atom. The van der Waals surface area contributed by atoms with Gasteiger partial charge in [-0.25, -0.2) is 4.68 Å². The maximum atomic E-state index is 6.27. The fourth-order valence-corrected chi connectivity index (χ4v) is 4.44. The van der Waals surface area contributed by atoms with Crippen LogP contribution in [0.3, 0.4) is 0 Å². The molecule has 0 atom stereocenters. The molecule has 0 aliphatic carbocycles. The first-order valence-corrected chi connectivity index (χ1v) is 15.6. The Morgan fingerprint density at radius 1 is 0.889 bits per heavy atom. The Morgan fingerprint density at radius 3 is 2.33 bits per heavy atom. The molecular formula is C26H29N7O2Si. The zero-order valence-electron chi connectivity index (χ0n) is 20.7. The van der Waals surface area contributed by atoms with E-state index in [4.69, 9.17) is 14.6 Å². The second kappa shape index (κ2) is 10.4. The summed E-state index contributed by atoms with van der Waals surface area (Å²) in [7, 11) is -1.15. The molecule has 0 radical (unpaired) electrons. The number of nitrogens with zero attached hydrogens (tertiary/aromatic N) is 7. The van der Waals surface area contributed by atoms with Crippen LogP contribution in [0.1, 0.15) is 5.69 Å². The quantitative estimate of drug-likeness (QED) is 0.198. The molecule has 0 aliphatic rings. The molecule has 10 heteroatoms. The number of benzene rings is 2. The molecule has 5 aromatic rings. The first-order valence-electron chi connectivity index (χ1n) is 11.9. The van der Waals surface area contributed by atoms with Crippen LogP contribution in [-0.4, -0.2) is 49.5 Å². The number of rotatable bonds is 10. The molecular weight excluding hydrogens is 470 g/mol. The van der Waals surface area contributed by atoms with Crippen molar-refractivity contribution >= 4 is 13.7 Å². The van der Waals surface area contributed by atoms with Gasteiger partial charge in [-0.1, -0.05) is 85.5 Å². The molecule has 0 spiro atoms. The number of hydrogen-bond acceptors (Lipinski definition) is 7. The van der Waals surface area contributed by atoms with Crippen LogP contribution in [0.5, 0.6) is 5.88 Å². The van der Waals surface area contributed by atoms with Crippen LogP contribution in [0.4, 0.5) is 0 Å². The lowest BCUT2D eigenvalue weighted by molar-refractivity contribution is 0.0725. The van der Waals surface area contributed by atoms with E-state index in [9.17, 15) is 0 Å². The van der Waals surface area contributed by atoms with E-state index in [1.807, 2.05) is 66.7 Å². The van der Waals surface area contributed by atoms with Crippen molar-refractivity contribution in [3.63, 3.8) is 0 Å². The third-order valence-electron chi connectivity index (χ3n) is 5.74. The summed E-state index contributed by atoms with van der Waals surface area (Å²) < 4.78 is 15.6. The summed E-state index contributed by atoms with van der Waals surface area (Å²) >= 11 is 0. The third-order valence-corrected chi connectivity index (χ3v) is 7.45. The molecule has 5 rings (SSSR count). The molecule has 9 nitrogen and oxygen atoms in total. The number of aromatic nitrogens is 7. The molecule has 3 heterocycles. The van der Waals surface area contributed by atoms with Gasteiger partial charge in [0.2, 0.25) is 5.88 Å². The minimum absolute atomic E-state index is 0.242. The first-order chi connectivity index (χ1) is 17.5. The molecule has 2 aromatic carbocycles. The minimum Gasteiger partial charge on any atom is -0.470 e. The van der Waals surface area contributed by atoms with Gasteiger partial charge in [0.25, 0.3) is 0 Å². The van der Waals surface area contributed by atoms with Crippen molar-refractivity contribution in [3.05, 3.63) is 78.6 Å². The van der Waals surface area contributed by atoms with Gasteiger partial charge in [-0.3, -0.25) is 0 Å². The topological polar surface area (TPSA) is 92.2 Å². The van der Waals surface area contributed by atoms with Crippen molar-refractivity contribution in [1.29, 1.82) is 0 Å². The smallest absolute Gasteiger partial charge is 0.240 e. The summed E-state index contributed by atoms with van der Waals surface area (Å²) in [6, 6.07) is 22.9. The van der Waals surface area contributed by atoms with Gasteiger partial charge in [-0.2, -0.15) is 4.52 Å². The molecule has 36 heavy (non-hydrogen) atoms. The van der Waals surface area contributed by atoms with Crippen molar-refractivity contribution in [3.8, 4) is 28.4 Å². The third kappa shape index (κ3) is 5.50. The largest absolute Gasteiger partial charge is 0.470 e. The van der Waals surface area contributed by atoms with E-state index < -0.39 is 8.07 Å². The van der Waals surface area contributed by atoms with Gasteiger partial charge in [-0.15, -0.1) is 20.4 Å². The molecule has 3 aromatic heterocycles. The number of ether oxygens (including phenoxy) is 2. The fraction of sp³-hybridized carbons (Fsp3) is 0.269. The van der Waals surface area contributed by atoms with Gasteiger partial charge in [0.05, 0.1) is 11.9 Å². The Balaban J connectivity index is 1.42. The van der Waals surface area contributed by atoms with E-state index in [0.717, 1.165) is 28.4 Å². The highest BCUT2D eigenvalue weighted by Crippen LogP contribution is 2.31. The standard InChI is InChI=1S/C26H29N7O2Si/c1-36(2,3)15-14-34-19-32-22(17-27-31-32)18-35-26-23(20-10-6-4-7-11-20)16-24-28-29-25(33(24)30-26)21-12-8-5-9-13-21/h4-13,16-17H,14-15,18-19H2,1-3H3. The van der Waals surface area contributed by atoms with Crippen molar-refractivity contribution in [1.82, 2.24) is 34.8 Å². The van der Waals surface area contributed by atoms with Crippen LogP contribution >= 0.6 is 0 Å². The van der Waals surface area contributed by atoms with Gasteiger partial charge in [0.15, 0.2) is 11.5 Å². The van der Waals surface area contributed by atoms with Crippen LogP contribution < -0.4 is 4.74 Å². The van der Waals surface area contributed by atoms with E-state index >= 15 is 0 Å². The summed E-state index contributed by atoms with van der Waals surface area (Å²) in [5.74, 6) is 1.12. The van der Waals surface area contributed by atoms with Crippen molar-refractivity contribution in [2.24, 2.45) is 0 Å². The Bertz CT molecular complexity index is 1430. The highest BCUT2D eigenvalue weighted by Gasteiger charge is 2.17. The molecule has 0 N–H and O–H groups in total. The lowest BCUT2D eigenvalue weighted by Crippen LogP contribution is -2.22. The van der Waals surface area contributed by atoms with Crippen LogP contribution in [0, 0.1) is 0 Å². The zero-order valence-corrected chi connectivity index (χ0v) is 21.7. The second-order valence-corrected chi connectivity index (χ2v) is 15.4. The monoisotopic (exact) mass is 499 g/mol. The van der Waals surface area contributed by atoms with E-state index in [1.54, 1.807) is 15.4 Å². The van der Waals surface area contributed by atoms with Crippen LogP contribution in [-0.2, 0) is 18.1 Å². The molecule has 184 valence electrons. The van der Waals surface area contributed by atoms with Crippen molar-refractivity contribution in [2.45, 2.75) is 39.0 Å². The van der Waals surface area contributed by atoms with Crippen LogP contribution in [0.2, 0.25) is 25.7 Å². The fourth-order valence-electron chi connectivity index (χ4n) is 3.69. The maximum Gasteiger partial charge on any atom is 0.240 e. The first kappa shape index (κ1) is 23.8. The van der Waals surface area contributed by atoms with E-state index in [-0.39, 0.29) is 6.61 Å². The van der Waals surface area contributed by atoms with Gasteiger partial charge < -0.3 is 9.47 Å². The summed E-state index contributed by atoms with van der Waals surface area (Å²) in [5, 5.41) is 21.8.